The molecule has 0 aliphatic heterocycles. The Morgan fingerprint density at radius 3 is 2.53 bits per heavy atom. The molecule has 3 aromatic rings. The van der Waals surface area contributed by atoms with Gasteiger partial charge in [0.15, 0.2) is 0 Å². The van der Waals surface area contributed by atoms with E-state index < -0.39 is 0 Å². The normalized spacial score (nSPS) is 15.0. The van der Waals surface area contributed by atoms with Crippen molar-refractivity contribution in [2.45, 2.75) is 39.0 Å². The number of nitrogens with one attached hydrogen (secondary N) is 1. The second-order valence-electron chi connectivity index (χ2n) is 7.66. The number of ether oxygens (including phenoxy) is 2. The Hall–Kier alpha value is -3.12. The third kappa shape index (κ3) is 4.55. The van der Waals surface area contributed by atoms with Crippen LogP contribution < -0.4 is 10.1 Å². The molecule has 1 aliphatic rings. The van der Waals surface area contributed by atoms with Gasteiger partial charge in [-0.05, 0) is 62.3 Å². The summed E-state index contributed by atoms with van der Waals surface area (Å²) in [5.74, 6) is 0.254. The van der Waals surface area contributed by atoms with Crippen molar-refractivity contribution in [1.82, 2.24) is 0 Å². The van der Waals surface area contributed by atoms with Crippen molar-refractivity contribution < 1.29 is 19.1 Å². The van der Waals surface area contributed by atoms with Crippen molar-refractivity contribution in [1.29, 1.82) is 0 Å². The van der Waals surface area contributed by atoms with E-state index in [1.54, 1.807) is 25.1 Å². The van der Waals surface area contributed by atoms with Gasteiger partial charge in [0.2, 0.25) is 0 Å². The summed E-state index contributed by atoms with van der Waals surface area (Å²) in [5, 5.41) is 3.53. The van der Waals surface area contributed by atoms with Gasteiger partial charge in [-0.2, -0.15) is 0 Å². The van der Waals surface area contributed by atoms with Crippen LogP contribution in [-0.2, 0) is 17.6 Å². The molecule has 0 radical (unpaired) electrons. The molecule has 0 saturated carbocycles. The highest BCUT2D eigenvalue weighted by Crippen LogP contribution is 2.43. The lowest BCUT2D eigenvalue weighted by Crippen LogP contribution is -2.17. The topological polar surface area (TPSA) is 64.6 Å². The van der Waals surface area contributed by atoms with Crippen LogP contribution in [0.5, 0.6) is 5.75 Å². The molecular weight excluding hydrogens is 422 g/mol. The minimum Gasteiger partial charge on any atom is -0.493 e. The second kappa shape index (κ2) is 10.0. The molecule has 2 aromatic carbocycles. The quantitative estimate of drug-likeness (QED) is 0.460. The van der Waals surface area contributed by atoms with Crippen LogP contribution in [0.4, 0.5) is 5.00 Å². The van der Waals surface area contributed by atoms with Gasteiger partial charge in [0, 0.05) is 4.88 Å². The standard InChI is InChI=1S/C26H27NO4S/c1-3-30-21-13-9-8-12-19(21)24(28)27-25-23(26(29)31-4-2)20-15-14-18(16-22(20)32-25)17-10-6-5-7-11-17/h5-13,18H,3-4,14-16H2,1-2H3,(H,27,28). The van der Waals surface area contributed by atoms with Crippen LogP contribution in [-0.4, -0.2) is 25.1 Å². The minimum atomic E-state index is -0.378. The molecule has 1 aliphatic carbocycles. The van der Waals surface area contributed by atoms with E-state index in [0.29, 0.717) is 34.4 Å². The van der Waals surface area contributed by atoms with Crippen LogP contribution in [0.25, 0.3) is 0 Å². The van der Waals surface area contributed by atoms with Crippen molar-refractivity contribution in [3.8, 4) is 5.75 Å². The lowest BCUT2D eigenvalue weighted by atomic mass is 9.83. The van der Waals surface area contributed by atoms with E-state index >= 15 is 0 Å². The van der Waals surface area contributed by atoms with Crippen LogP contribution in [0.15, 0.2) is 54.6 Å². The smallest absolute Gasteiger partial charge is 0.341 e. The van der Waals surface area contributed by atoms with Gasteiger partial charge >= 0.3 is 5.97 Å². The van der Waals surface area contributed by atoms with Crippen LogP contribution >= 0.6 is 11.3 Å². The molecule has 166 valence electrons. The third-order valence-corrected chi connectivity index (χ3v) is 6.84. The van der Waals surface area contributed by atoms with E-state index in [1.165, 1.54) is 16.9 Å². The highest BCUT2D eigenvalue weighted by molar-refractivity contribution is 7.17. The number of benzene rings is 2. The molecule has 32 heavy (non-hydrogen) atoms. The molecule has 0 bridgehead atoms. The number of para-hydroxylation sites is 1. The second-order valence-corrected chi connectivity index (χ2v) is 8.77. The summed E-state index contributed by atoms with van der Waals surface area (Å²) in [7, 11) is 0. The van der Waals surface area contributed by atoms with Crippen molar-refractivity contribution in [3.05, 3.63) is 81.7 Å². The van der Waals surface area contributed by atoms with E-state index in [4.69, 9.17) is 9.47 Å². The molecule has 1 amide bonds. The van der Waals surface area contributed by atoms with E-state index in [0.717, 1.165) is 29.7 Å². The zero-order chi connectivity index (χ0) is 22.5. The predicted octanol–water partition coefficient (Wildman–Crippen LogP) is 5.85. The van der Waals surface area contributed by atoms with E-state index in [1.807, 2.05) is 19.1 Å². The maximum Gasteiger partial charge on any atom is 0.341 e. The van der Waals surface area contributed by atoms with E-state index in [9.17, 15) is 9.59 Å². The van der Waals surface area contributed by atoms with Crippen LogP contribution in [0.2, 0.25) is 0 Å². The van der Waals surface area contributed by atoms with Crippen molar-refractivity contribution in [2.24, 2.45) is 0 Å². The lowest BCUT2D eigenvalue weighted by Gasteiger charge is -2.23. The molecule has 1 unspecified atom stereocenters. The number of thiophene rings is 1. The van der Waals surface area contributed by atoms with Gasteiger partial charge in [0.05, 0.1) is 24.3 Å². The Morgan fingerprint density at radius 2 is 1.78 bits per heavy atom. The molecular formula is C26H27NO4S. The lowest BCUT2D eigenvalue weighted by molar-refractivity contribution is 0.0526. The van der Waals surface area contributed by atoms with Gasteiger partial charge < -0.3 is 14.8 Å². The number of carbonyl (C=O) groups excluding carboxylic acids is 2. The fourth-order valence-corrected chi connectivity index (χ4v) is 5.52. The summed E-state index contributed by atoms with van der Waals surface area (Å²) in [4.78, 5) is 27.1. The summed E-state index contributed by atoms with van der Waals surface area (Å²) in [5.41, 5.74) is 3.26. The first-order chi connectivity index (χ1) is 15.6. The first-order valence-corrected chi connectivity index (χ1v) is 11.8. The average molecular weight is 450 g/mol. The van der Waals surface area contributed by atoms with Gasteiger partial charge in [-0.25, -0.2) is 4.79 Å². The van der Waals surface area contributed by atoms with Gasteiger partial charge in [0.1, 0.15) is 10.8 Å². The SMILES string of the molecule is CCOC(=O)c1c(NC(=O)c2ccccc2OCC)sc2c1CCC(c1ccccc1)C2. The minimum absolute atomic E-state index is 0.288. The number of carbonyl (C=O) groups is 2. The molecule has 4 rings (SSSR count). The number of hydrogen-bond donors (Lipinski definition) is 1. The van der Waals surface area contributed by atoms with Crippen molar-refractivity contribution >= 4 is 28.2 Å². The highest BCUT2D eigenvalue weighted by atomic mass is 32.1. The average Bonchev–Trinajstić information content (AvgIpc) is 3.17. The summed E-state index contributed by atoms with van der Waals surface area (Å²) in [6.07, 6.45) is 2.59. The first-order valence-electron chi connectivity index (χ1n) is 11.0. The van der Waals surface area contributed by atoms with Gasteiger partial charge in [0.25, 0.3) is 5.91 Å². The number of amides is 1. The van der Waals surface area contributed by atoms with E-state index in [2.05, 4.69) is 29.6 Å². The van der Waals surface area contributed by atoms with Crippen LogP contribution in [0.1, 0.15) is 62.9 Å². The van der Waals surface area contributed by atoms with Crippen LogP contribution in [0.3, 0.4) is 0 Å². The Kier molecular flexibility index (Phi) is 6.90. The number of rotatable bonds is 7. The largest absolute Gasteiger partial charge is 0.493 e. The molecule has 0 fully saturated rings. The number of anilines is 1. The Bertz CT molecular complexity index is 1110. The number of hydrogen-bond acceptors (Lipinski definition) is 5. The maximum absolute atomic E-state index is 13.1. The summed E-state index contributed by atoms with van der Waals surface area (Å²) < 4.78 is 11.0. The molecule has 6 heteroatoms. The van der Waals surface area contributed by atoms with Crippen LogP contribution in [0, 0.1) is 0 Å². The van der Waals surface area contributed by atoms with Gasteiger partial charge in [-0.15, -0.1) is 11.3 Å². The molecule has 0 saturated heterocycles. The molecule has 1 aromatic heterocycles. The van der Waals surface area contributed by atoms with Gasteiger partial charge in [-0.1, -0.05) is 42.5 Å². The highest BCUT2D eigenvalue weighted by Gasteiger charge is 2.31. The molecule has 1 N–H and O–H groups in total. The molecule has 1 heterocycles. The Labute approximate surface area is 192 Å². The Morgan fingerprint density at radius 1 is 1.03 bits per heavy atom. The van der Waals surface area contributed by atoms with E-state index in [-0.39, 0.29) is 18.5 Å². The fourth-order valence-electron chi connectivity index (χ4n) is 4.21. The zero-order valence-electron chi connectivity index (χ0n) is 18.4. The first kappa shape index (κ1) is 22.1. The number of fused-ring (bicyclic) bond motifs is 1. The summed E-state index contributed by atoms with van der Waals surface area (Å²) in [6, 6.07) is 17.6. The third-order valence-electron chi connectivity index (χ3n) is 5.67. The van der Waals surface area contributed by atoms with Crippen molar-refractivity contribution in [3.63, 3.8) is 0 Å². The molecule has 5 nitrogen and oxygen atoms in total. The monoisotopic (exact) mass is 449 g/mol. The fraction of sp³-hybridized carbons (Fsp3) is 0.308. The molecule has 1 atom stereocenters. The zero-order valence-corrected chi connectivity index (χ0v) is 19.2. The predicted molar refractivity (Wildman–Crippen MR) is 127 cm³/mol. The molecule has 0 spiro atoms. The summed E-state index contributed by atoms with van der Waals surface area (Å²) in [6.45, 7) is 4.42. The Balaban J connectivity index is 1.66. The number of esters is 1. The summed E-state index contributed by atoms with van der Waals surface area (Å²) >= 11 is 1.48. The maximum atomic E-state index is 13.1. The van der Waals surface area contributed by atoms with Gasteiger partial charge in [-0.3, -0.25) is 4.79 Å². The van der Waals surface area contributed by atoms with Crippen molar-refractivity contribution in [2.75, 3.05) is 18.5 Å².